The monoisotopic (exact) mass is 226 g/mol. The van der Waals surface area contributed by atoms with E-state index in [0.717, 1.165) is 12.1 Å². The molecule has 0 saturated heterocycles. The van der Waals surface area contributed by atoms with Crippen LogP contribution in [0.5, 0.6) is 5.75 Å². The lowest BCUT2D eigenvalue weighted by atomic mass is 10.1. The molecule has 0 amide bonds. The molecule has 1 aromatic carbocycles. The van der Waals surface area contributed by atoms with Gasteiger partial charge in [0.15, 0.2) is 0 Å². The van der Waals surface area contributed by atoms with E-state index < -0.39 is 11.6 Å². The normalized spacial score (nSPS) is 10.4. The molecule has 0 bridgehead atoms. The highest BCUT2D eigenvalue weighted by Crippen LogP contribution is 2.29. The van der Waals surface area contributed by atoms with Crippen molar-refractivity contribution >= 4 is 5.88 Å². The highest BCUT2D eigenvalue weighted by Gasteiger charge is 2.17. The minimum Gasteiger partial charge on any atom is -0.497 e. The van der Waals surface area contributed by atoms with E-state index in [1.54, 1.807) is 0 Å². The topological polar surface area (TPSA) is 61.3 Å². The van der Waals surface area contributed by atoms with E-state index in [4.69, 9.17) is 10.5 Å². The SMILES string of the molecule is COc1cc(F)c(-c2cc(N)on2)c(F)c1. The number of nitrogens with two attached hydrogens (primary N) is 1. The third-order valence-electron chi connectivity index (χ3n) is 2.04. The van der Waals surface area contributed by atoms with Crippen LogP contribution in [0.2, 0.25) is 0 Å². The van der Waals surface area contributed by atoms with Gasteiger partial charge in [0.2, 0.25) is 5.88 Å². The van der Waals surface area contributed by atoms with Crippen molar-refractivity contribution in [3.8, 4) is 17.0 Å². The van der Waals surface area contributed by atoms with Crippen molar-refractivity contribution in [2.24, 2.45) is 0 Å². The maximum absolute atomic E-state index is 13.6. The zero-order valence-corrected chi connectivity index (χ0v) is 8.33. The van der Waals surface area contributed by atoms with Gasteiger partial charge in [-0.2, -0.15) is 0 Å². The second kappa shape index (κ2) is 3.80. The van der Waals surface area contributed by atoms with Gasteiger partial charge in [0.1, 0.15) is 23.1 Å². The Kier molecular flexibility index (Phi) is 2.47. The van der Waals surface area contributed by atoms with Gasteiger partial charge in [-0.15, -0.1) is 0 Å². The molecule has 0 aliphatic heterocycles. The van der Waals surface area contributed by atoms with Gasteiger partial charge in [-0.3, -0.25) is 0 Å². The van der Waals surface area contributed by atoms with Crippen LogP contribution in [-0.2, 0) is 0 Å². The van der Waals surface area contributed by atoms with Crippen LogP contribution in [-0.4, -0.2) is 12.3 Å². The number of halogens is 2. The first-order valence-corrected chi connectivity index (χ1v) is 4.37. The van der Waals surface area contributed by atoms with Crippen LogP contribution < -0.4 is 10.5 Å². The number of rotatable bonds is 2. The van der Waals surface area contributed by atoms with Crippen LogP contribution in [0.1, 0.15) is 0 Å². The van der Waals surface area contributed by atoms with Gasteiger partial charge in [0, 0.05) is 18.2 Å². The predicted molar refractivity (Wildman–Crippen MR) is 52.8 cm³/mol. The summed E-state index contributed by atoms with van der Waals surface area (Å²) >= 11 is 0. The molecule has 0 saturated carbocycles. The Balaban J connectivity index is 2.57. The largest absolute Gasteiger partial charge is 0.497 e. The molecule has 1 heterocycles. The molecular formula is C10H8F2N2O2. The first kappa shape index (κ1) is 10.4. The predicted octanol–water partition coefficient (Wildman–Crippen LogP) is 2.21. The van der Waals surface area contributed by atoms with Gasteiger partial charge in [0.05, 0.1) is 12.7 Å². The molecule has 84 valence electrons. The van der Waals surface area contributed by atoms with E-state index in [1.165, 1.54) is 13.2 Å². The van der Waals surface area contributed by atoms with E-state index in [0.29, 0.717) is 0 Å². The van der Waals surface area contributed by atoms with E-state index >= 15 is 0 Å². The Morgan fingerprint density at radius 2 is 1.88 bits per heavy atom. The van der Waals surface area contributed by atoms with Gasteiger partial charge < -0.3 is 15.0 Å². The quantitative estimate of drug-likeness (QED) is 0.852. The summed E-state index contributed by atoms with van der Waals surface area (Å²) in [4.78, 5) is 0. The van der Waals surface area contributed by atoms with Crippen molar-refractivity contribution in [2.75, 3.05) is 12.8 Å². The highest BCUT2D eigenvalue weighted by molar-refractivity contribution is 5.63. The first-order chi connectivity index (χ1) is 7.61. The standard InChI is InChI=1S/C10H8F2N2O2/c1-15-5-2-6(11)10(7(12)3-5)8-4-9(13)16-14-8/h2-4H,13H2,1H3. The van der Waals surface area contributed by atoms with E-state index in [2.05, 4.69) is 9.68 Å². The van der Waals surface area contributed by atoms with Crippen molar-refractivity contribution < 1.29 is 18.0 Å². The number of benzene rings is 1. The number of hydrogen-bond acceptors (Lipinski definition) is 4. The molecule has 1 aromatic heterocycles. The van der Waals surface area contributed by atoms with E-state index in [9.17, 15) is 8.78 Å². The smallest absolute Gasteiger partial charge is 0.222 e. The zero-order chi connectivity index (χ0) is 11.7. The Hall–Kier alpha value is -2.11. The molecule has 0 aliphatic rings. The lowest BCUT2D eigenvalue weighted by Gasteiger charge is -2.04. The maximum Gasteiger partial charge on any atom is 0.222 e. The molecular weight excluding hydrogens is 218 g/mol. The van der Waals surface area contributed by atoms with Crippen LogP contribution >= 0.6 is 0 Å². The Bertz CT molecular complexity index is 502. The lowest BCUT2D eigenvalue weighted by molar-refractivity contribution is 0.406. The van der Waals surface area contributed by atoms with Crippen molar-refractivity contribution in [3.05, 3.63) is 29.8 Å². The summed E-state index contributed by atoms with van der Waals surface area (Å²) < 4.78 is 36.4. The fraction of sp³-hybridized carbons (Fsp3) is 0.100. The summed E-state index contributed by atoms with van der Waals surface area (Å²) in [5.74, 6) is -1.49. The first-order valence-electron chi connectivity index (χ1n) is 4.37. The van der Waals surface area contributed by atoms with Crippen LogP contribution in [0, 0.1) is 11.6 Å². The number of ether oxygens (including phenoxy) is 1. The fourth-order valence-electron chi connectivity index (χ4n) is 1.32. The van der Waals surface area contributed by atoms with Crippen molar-refractivity contribution in [2.45, 2.75) is 0 Å². The molecule has 4 nitrogen and oxygen atoms in total. The summed E-state index contributed by atoms with van der Waals surface area (Å²) in [5, 5.41) is 3.44. The van der Waals surface area contributed by atoms with Crippen LogP contribution in [0.15, 0.2) is 22.7 Å². The van der Waals surface area contributed by atoms with Crippen molar-refractivity contribution in [3.63, 3.8) is 0 Å². The summed E-state index contributed by atoms with van der Waals surface area (Å²) in [6.07, 6.45) is 0. The fourth-order valence-corrected chi connectivity index (χ4v) is 1.32. The zero-order valence-electron chi connectivity index (χ0n) is 8.33. The van der Waals surface area contributed by atoms with Crippen molar-refractivity contribution in [1.82, 2.24) is 5.16 Å². The summed E-state index contributed by atoms with van der Waals surface area (Å²) in [5.41, 5.74) is 4.99. The van der Waals surface area contributed by atoms with Gasteiger partial charge in [-0.05, 0) is 0 Å². The maximum atomic E-state index is 13.6. The molecule has 16 heavy (non-hydrogen) atoms. The second-order valence-corrected chi connectivity index (χ2v) is 3.08. The van der Waals surface area contributed by atoms with Gasteiger partial charge in [-0.25, -0.2) is 8.78 Å². The van der Waals surface area contributed by atoms with Crippen LogP contribution in [0.25, 0.3) is 11.3 Å². The Labute approximate surface area is 89.6 Å². The summed E-state index contributed by atoms with van der Waals surface area (Å²) in [6, 6.07) is 3.36. The number of anilines is 1. The Morgan fingerprint density at radius 1 is 1.25 bits per heavy atom. The molecule has 0 spiro atoms. The van der Waals surface area contributed by atoms with E-state index in [1.807, 2.05) is 0 Å². The van der Waals surface area contributed by atoms with E-state index in [-0.39, 0.29) is 22.9 Å². The number of nitrogen functional groups attached to an aromatic ring is 1. The van der Waals surface area contributed by atoms with Gasteiger partial charge in [0.25, 0.3) is 0 Å². The second-order valence-electron chi connectivity index (χ2n) is 3.08. The minimum atomic E-state index is -0.787. The average molecular weight is 226 g/mol. The van der Waals surface area contributed by atoms with Crippen LogP contribution in [0.3, 0.4) is 0 Å². The van der Waals surface area contributed by atoms with Gasteiger partial charge >= 0.3 is 0 Å². The molecule has 0 aliphatic carbocycles. The number of methoxy groups -OCH3 is 1. The summed E-state index contributed by atoms with van der Waals surface area (Å²) in [6.45, 7) is 0. The molecule has 2 N–H and O–H groups in total. The third-order valence-corrected chi connectivity index (χ3v) is 2.04. The minimum absolute atomic E-state index is 0.00940. The number of hydrogen-bond donors (Lipinski definition) is 1. The molecule has 0 unspecified atom stereocenters. The highest BCUT2D eigenvalue weighted by atomic mass is 19.1. The van der Waals surface area contributed by atoms with Gasteiger partial charge in [-0.1, -0.05) is 5.16 Å². The van der Waals surface area contributed by atoms with Crippen LogP contribution in [0.4, 0.5) is 14.7 Å². The number of nitrogens with zero attached hydrogens (tertiary/aromatic N) is 1. The molecule has 0 atom stereocenters. The third kappa shape index (κ3) is 1.69. The molecule has 2 aromatic rings. The Morgan fingerprint density at radius 3 is 2.31 bits per heavy atom. The average Bonchev–Trinajstić information content (AvgIpc) is 2.63. The summed E-state index contributed by atoms with van der Waals surface area (Å²) in [7, 11) is 1.32. The molecule has 0 fully saturated rings. The molecule has 0 radical (unpaired) electrons. The lowest BCUT2D eigenvalue weighted by Crippen LogP contribution is -1.93. The van der Waals surface area contributed by atoms with Crippen molar-refractivity contribution in [1.29, 1.82) is 0 Å². The molecule has 2 rings (SSSR count). The molecule has 6 heteroatoms. The number of aromatic nitrogens is 1.